The van der Waals surface area contributed by atoms with Crippen LogP contribution in [0.4, 0.5) is 0 Å². The van der Waals surface area contributed by atoms with Crippen molar-refractivity contribution in [3.05, 3.63) is 71.8 Å². The molecule has 220 valence electrons. The minimum Gasteiger partial charge on any atom is -0.395 e. The molecule has 2 aromatic carbocycles. The lowest BCUT2D eigenvalue weighted by Gasteiger charge is -2.21. The third-order valence-electron chi connectivity index (χ3n) is 7.19. The standard InChI is InChI=1S/C33H56N4O2/c38-28-26-36(30-32-16-6-4-7-17-32)24-14-12-22-34-20-10-2-1-3-11-21-35-23-13-15-25-37(27-29-39)31-33-18-8-5-9-19-33/h4-9,16-19,34-35,38-39H,1-3,10-15,20-31H2. The molecule has 0 saturated heterocycles. The van der Waals surface area contributed by atoms with Crippen molar-refractivity contribution in [3.63, 3.8) is 0 Å². The zero-order chi connectivity index (χ0) is 27.6. The van der Waals surface area contributed by atoms with E-state index >= 15 is 0 Å². The highest BCUT2D eigenvalue weighted by Crippen LogP contribution is 2.07. The summed E-state index contributed by atoms with van der Waals surface area (Å²) in [5.74, 6) is 0. The third kappa shape index (κ3) is 18.2. The topological polar surface area (TPSA) is 71.0 Å². The Balaban J connectivity index is 1.33. The van der Waals surface area contributed by atoms with Crippen molar-refractivity contribution in [2.75, 3.05) is 65.6 Å². The number of nitrogens with one attached hydrogen (secondary N) is 2. The predicted molar refractivity (Wildman–Crippen MR) is 165 cm³/mol. The lowest BCUT2D eigenvalue weighted by Crippen LogP contribution is -2.28. The molecule has 0 fully saturated rings. The Labute approximate surface area is 238 Å². The number of benzene rings is 2. The summed E-state index contributed by atoms with van der Waals surface area (Å²) in [7, 11) is 0. The average molecular weight is 541 g/mol. The van der Waals surface area contributed by atoms with Crippen LogP contribution >= 0.6 is 0 Å². The van der Waals surface area contributed by atoms with Crippen LogP contribution in [0.2, 0.25) is 0 Å². The van der Waals surface area contributed by atoms with E-state index in [1.165, 1.54) is 68.9 Å². The second-order valence-electron chi connectivity index (χ2n) is 10.7. The van der Waals surface area contributed by atoms with Gasteiger partial charge in [-0.2, -0.15) is 0 Å². The first-order valence-electron chi connectivity index (χ1n) is 15.5. The Morgan fingerprint density at radius 2 is 0.795 bits per heavy atom. The van der Waals surface area contributed by atoms with Crippen molar-refractivity contribution in [2.24, 2.45) is 0 Å². The SMILES string of the molecule is OCCN(CCCCNCCCCCCCNCCCCN(CCO)Cc1ccccc1)Cc1ccccc1. The fourth-order valence-electron chi connectivity index (χ4n) is 4.96. The first kappa shape index (κ1) is 33.4. The molecule has 0 bridgehead atoms. The number of rotatable bonds is 26. The summed E-state index contributed by atoms with van der Waals surface area (Å²) in [5, 5.41) is 25.9. The van der Waals surface area contributed by atoms with Crippen molar-refractivity contribution >= 4 is 0 Å². The maximum Gasteiger partial charge on any atom is 0.0558 e. The van der Waals surface area contributed by atoms with Gasteiger partial charge >= 0.3 is 0 Å². The van der Waals surface area contributed by atoms with E-state index in [0.29, 0.717) is 0 Å². The number of aliphatic hydroxyl groups is 2. The number of unbranched alkanes of at least 4 members (excludes halogenated alkanes) is 6. The molecule has 0 amide bonds. The number of hydrogen-bond acceptors (Lipinski definition) is 6. The van der Waals surface area contributed by atoms with Gasteiger partial charge in [0.25, 0.3) is 0 Å². The molecule has 4 N–H and O–H groups in total. The van der Waals surface area contributed by atoms with Gasteiger partial charge < -0.3 is 20.8 Å². The minimum absolute atomic E-state index is 0.224. The molecule has 2 rings (SSSR count). The quantitative estimate of drug-likeness (QED) is 0.130. The molecular formula is C33H56N4O2. The maximum atomic E-state index is 9.35. The Bertz CT molecular complexity index is 712. The van der Waals surface area contributed by atoms with Crippen LogP contribution in [0.25, 0.3) is 0 Å². The van der Waals surface area contributed by atoms with Crippen LogP contribution in [0.3, 0.4) is 0 Å². The molecule has 39 heavy (non-hydrogen) atoms. The van der Waals surface area contributed by atoms with Gasteiger partial charge in [0, 0.05) is 26.2 Å². The molecule has 0 aromatic heterocycles. The van der Waals surface area contributed by atoms with E-state index in [1.54, 1.807) is 0 Å². The van der Waals surface area contributed by atoms with Gasteiger partial charge in [-0.15, -0.1) is 0 Å². The maximum absolute atomic E-state index is 9.35. The highest BCUT2D eigenvalue weighted by Gasteiger charge is 2.06. The molecule has 6 heteroatoms. The van der Waals surface area contributed by atoms with Crippen LogP contribution in [0.15, 0.2) is 60.7 Å². The van der Waals surface area contributed by atoms with Gasteiger partial charge in [-0.25, -0.2) is 0 Å². The van der Waals surface area contributed by atoms with Gasteiger partial charge in [0.15, 0.2) is 0 Å². The van der Waals surface area contributed by atoms with Crippen LogP contribution < -0.4 is 10.6 Å². The summed E-state index contributed by atoms with van der Waals surface area (Å²) in [6, 6.07) is 21.1. The van der Waals surface area contributed by atoms with Crippen LogP contribution in [0.1, 0.15) is 68.9 Å². The molecule has 0 aliphatic carbocycles. The summed E-state index contributed by atoms with van der Waals surface area (Å²) in [6.07, 6.45) is 11.2. The van der Waals surface area contributed by atoms with E-state index in [9.17, 15) is 10.2 Å². The highest BCUT2D eigenvalue weighted by molar-refractivity contribution is 5.15. The molecule has 6 nitrogen and oxygen atoms in total. The minimum atomic E-state index is 0.224. The smallest absolute Gasteiger partial charge is 0.0558 e. The van der Waals surface area contributed by atoms with Crippen LogP contribution in [0.5, 0.6) is 0 Å². The highest BCUT2D eigenvalue weighted by atomic mass is 16.3. The number of aliphatic hydroxyl groups excluding tert-OH is 2. The number of nitrogens with zero attached hydrogens (tertiary/aromatic N) is 2. The van der Waals surface area contributed by atoms with Crippen molar-refractivity contribution in [2.45, 2.75) is 70.9 Å². The molecule has 0 atom stereocenters. The Morgan fingerprint density at radius 3 is 1.18 bits per heavy atom. The van der Waals surface area contributed by atoms with Crippen molar-refractivity contribution in [3.8, 4) is 0 Å². The van der Waals surface area contributed by atoms with E-state index in [1.807, 2.05) is 0 Å². The van der Waals surface area contributed by atoms with Crippen molar-refractivity contribution in [1.29, 1.82) is 0 Å². The Morgan fingerprint density at radius 1 is 0.436 bits per heavy atom. The van der Waals surface area contributed by atoms with Crippen LogP contribution in [0, 0.1) is 0 Å². The fraction of sp³-hybridized carbons (Fsp3) is 0.636. The molecule has 0 unspecified atom stereocenters. The lowest BCUT2D eigenvalue weighted by molar-refractivity contribution is 0.187. The Kier molecular flexibility index (Phi) is 20.6. The van der Waals surface area contributed by atoms with Crippen molar-refractivity contribution < 1.29 is 10.2 Å². The van der Waals surface area contributed by atoms with E-state index in [2.05, 4.69) is 81.1 Å². The average Bonchev–Trinajstić information content (AvgIpc) is 2.96. The second-order valence-corrected chi connectivity index (χ2v) is 10.7. The molecular weight excluding hydrogens is 484 g/mol. The number of hydrogen-bond donors (Lipinski definition) is 4. The zero-order valence-corrected chi connectivity index (χ0v) is 24.4. The normalized spacial score (nSPS) is 11.6. The Hall–Kier alpha value is -1.80. The van der Waals surface area contributed by atoms with Gasteiger partial charge in [0.1, 0.15) is 0 Å². The molecule has 2 aromatic rings. The molecule has 0 aliphatic rings. The van der Waals surface area contributed by atoms with Crippen molar-refractivity contribution in [1.82, 2.24) is 20.4 Å². The predicted octanol–water partition coefficient (Wildman–Crippen LogP) is 4.67. The largest absolute Gasteiger partial charge is 0.395 e. The summed E-state index contributed by atoms with van der Waals surface area (Å²) < 4.78 is 0. The van der Waals surface area contributed by atoms with E-state index in [4.69, 9.17) is 0 Å². The lowest BCUT2D eigenvalue weighted by atomic mass is 10.1. The van der Waals surface area contributed by atoms with E-state index < -0.39 is 0 Å². The van der Waals surface area contributed by atoms with Gasteiger partial charge in [-0.05, 0) is 88.9 Å². The molecule has 0 aliphatic heterocycles. The van der Waals surface area contributed by atoms with E-state index in [0.717, 1.165) is 65.4 Å². The molecule has 0 spiro atoms. The zero-order valence-electron chi connectivity index (χ0n) is 24.4. The summed E-state index contributed by atoms with van der Waals surface area (Å²) in [5.41, 5.74) is 2.63. The van der Waals surface area contributed by atoms with Gasteiger partial charge in [-0.3, -0.25) is 9.80 Å². The van der Waals surface area contributed by atoms with Crippen LogP contribution in [-0.4, -0.2) is 85.6 Å². The van der Waals surface area contributed by atoms with Gasteiger partial charge in [0.05, 0.1) is 13.2 Å². The second kappa shape index (κ2) is 24.0. The molecule has 0 saturated carbocycles. The molecule has 0 radical (unpaired) electrons. The van der Waals surface area contributed by atoms with Gasteiger partial charge in [0.2, 0.25) is 0 Å². The first-order valence-corrected chi connectivity index (χ1v) is 15.5. The third-order valence-corrected chi connectivity index (χ3v) is 7.19. The molecule has 0 heterocycles. The van der Waals surface area contributed by atoms with E-state index in [-0.39, 0.29) is 13.2 Å². The fourth-order valence-corrected chi connectivity index (χ4v) is 4.96. The summed E-state index contributed by atoms with van der Waals surface area (Å²) in [4.78, 5) is 4.70. The monoisotopic (exact) mass is 540 g/mol. The van der Waals surface area contributed by atoms with Gasteiger partial charge in [-0.1, -0.05) is 79.9 Å². The summed E-state index contributed by atoms with van der Waals surface area (Å²) >= 11 is 0. The first-order chi connectivity index (χ1) is 19.3. The van der Waals surface area contributed by atoms with Crippen LogP contribution in [-0.2, 0) is 13.1 Å². The summed E-state index contributed by atoms with van der Waals surface area (Å²) in [6.45, 7) is 10.3.